The van der Waals surface area contributed by atoms with Gasteiger partial charge in [-0.15, -0.1) is 0 Å². The summed E-state index contributed by atoms with van der Waals surface area (Å²) in [6, 6.07) is 5.31. The fourth-order valence-electron chi connectivity index (χ4n) is 1.17. The molecule has 70 valence electrons. The number of carbonyl (C=O) groups is 1. The molecule has 5 nitrogen and oxygen atoms in total. The predicted octanol–water partition coefficient (Wildman–Crippen LogP) is 0.233. The van der Waals surface area contributed by atoms with Gasteiger partial charge in [0.25, 0.3) is 5.91 Å². The molecule has 0 aliphatic carbocycles. The SMILES string of the molecule is NNC(=O)c1cnc2ncccc2c1. The molecule has 3 N–H and O–H groups in total. The van der Waals surface area contributed by atoms with Crippen molar-refractivity contribution in [3.63, 3.8) is 0 Å². The number of pyridine rings is 2. The van der Waals surface area contributed by atoms with Crippen LogP contribution in [0.15, 0.2) is 30.6 Å². The molecule has 0 spiro atoms. The summed E-state index contributed by atoms with van der Waals surface area (Å²) in [4.78, 5) is 19.2. The molecule has 0 aromatic carbocycles. The smallest absolute Gasteiger partial charge is 0.266 e. The number of hydrazine groups is 1. The van der Waals surface area contributed by atoms with Gasteiger partial charge in [0.05, 0.1) is 5.56 Å². The van der Waals surface area contributed by atoms with Crippen molar-refractivity contribution in [3.05, 3.63) is 36.2 Å². The highest BCUT2D eigenvalue weighted by molar-refractivity contribution is 5.96. The molecule has 5 heteroatoms. The Labute approximate surface area is 79.9 Å². The first kappa shape index (κ1) is 8.58. The van der Waals surface area contributed by atoms with Crippen LogP contribution >= 0.6 is 0 Å². The average molecular weight is 188 g/mol. The fourth-order valence-corrected chi connectivity index (χ4v) is 1.17. The van der Waals surface area contributed by atoms with Gasteiger partial charge in [-0.3, -0.25) is 10.2 Å². The molecule has 2 aromatic heterocycles. The van der Waals surface area contributed by atoms with E-state index in [-0.39, 0.29) is 5.91 Å². The van der Waals surface area contributed by atoms with E-state index in [1.54, 1.807) is 18.3 Å². The van der Waals surface area contributed by atoms with E-state index in [4.69, 9.17) is 5.84 Å². The zero-order chi connectivity index (χ0) is 9.97. The molecule has 2 rings (SSSR count). The number of fused-ring (bicyclic) bond motifs is 1. The van der Waals surface area contributed by atoms with Crippen LogP contribution in [0.1, 0.15) is 10.4 Å². The van der Waals surface area contributed by atoms with Gasteiger partial charge in [-0.05, 0) is 18.2 Å². The van der Waals surface area contributed by atoms with Gasteiger partial charge in [0, 0.05) is 17.8 Å². The van der Waals surface area contributed by atoms with Crippen LogP contribution in [0, 0.1) is 0 Å². The summed E-state index contributed by atoms with van der Waals surface area (Å²) in [6.07, 6.45) is 3.09. The van der Waals surface area contributed by atoms with E-state index >= 15 is 0 Å². The summed E-state index contributed by atoms with van der Waals surface area (Å²) in [5.74, 6) is 4.65. The summed E-state index contributed by atoms with van der Waals surface area (Å²) in [6.45, 7) is 0. The zero-order valence-electron chi connectivity index (χ0n) is 7.27. The molecule has 14 heavy (non-hydrogen) atoms. The van der Waals surface area contributed by atoms with Crippen LogP contribution < -0.4 is 11.3 Å². The second-order valence-electron chi connectivity index (χ2n) is 2.75. The van der Waals surface area contributed by atoms with Gasteiger partial charge in [0.2, 0.25) is 0 Å². The third-order valence-corrected chi connectivity index (χ3v) is 1.85. The third kappa shape index (κ3) is 1.40. The first-order chi connectivity index (χ1) is 6.81. The van der Waals surface area contributed by atoms with Crippen LogP contribution in [0.2, 0.25) is 0 Å². The van der Waals surface area contributed by atoms with E-state index in [2.05, 4.69) is 9.97 Å². The number of hydrogen-bond donors (Lipinski definition) is 2. The summed E-state index contributed by atoms with van der Waals surface area (Å²) >= 11 is 0. The molecule has 0 bridgehead atoms. The Morgan fingerprint density at radius 2 is 2.29 bits per heavy atom. The quantitative estimate of drug-likeness (QED) is 0.381. The maximum atomic E-state index is 11.2. The zero-order valence-corrected chi connectivity index (χ0v) is 7.27. The summed E-state index contributed by atoms with van der Waals surface area (Å²) in [5, 5.41) is 0.814. The first-order valence-electron chi connectivity index (χ1n) is 4.03. The van der Waals surface area contributed by atoms with Crippen molar-refractivity contribution < 1.29 is 4.79 Å². The van der Waals surface area contributed by atoms with E-state index in [0.717, 1.165) is 5.39 Å². The number of nitrogens with zero attached hydrogens (tertiary/aromatic N) is 2. The predicted molar refractivity (Wildman–Crippen MR) is 51.2 cm³/mol. The van der Waals surface area contributed by atoms with Crippen LogP contribution in [0.5, 0.6) is 0 Å². The summed E-state index contributed by atoms with van der Waals surface area (Å²) < 4.78 is 0. The van der Waals surface area contributed by atoms with E-state index < -0.39 is 0 Å². The Bertz CT molecular complexity index is 483. The van der Waals surface area contributed by atoms with Gasteiger partial charge in [0.1, 0.15) is 0 Å². The molecule has 0 fully saturated rings. The Balaban J connectivity index is 2.56. The van der Waals surface area contributed by atoms with Gasteiger partial charge in [-0.25, -0.2) is 15.8 Å². The Kier molecular flexibility index (Phi) is 2.08. The molecule has 0 saturated heterocycles. The molecular formula is C9H8N4O. The van der Waals surface area contributed by atoms with Crippen LogP contribution in [0.25, 0.3) is 11.0 Å². The highest BCUT2D eigenvalue weighted by Gasteiger charge is 2.04. The van der Waals surface area contributed by atoms with Crippen molar-refractivity contribution in [2.75, 3.05) is 0 Å². The highest BCUT2D eigenvalue weighted by Crippen LogP contribution is 2.09. The molecule has 2 heterocycles. The minimum absolute atomic E-state index is 0.358. The van der Waals surface area contributed by atoms with Gasteiger partial charge in [-0.1, -0.05) is 0 Å². The van der Waals surface area contributed by atoms with Gasteiger partial charge in [-0.2, -0.15) is 0 Å². The van der Waals surface area contributed by atoms with Crippen molar-refractivity contribution in [3.8, 4) is 0 Å². The summed E-state index contributed by atoms with van der Waals surface area (Å²) in [5.41, 5.74) is 3.08. The Hall–Kier alpha value is -2.01. The number of rotatable bonds is 1. The normalized spacial score (nSPS) is 10.1. The van der Waals surface area contributed by atoms with Crippen LogP contribution in [0.4, 0.5) is 0 Å². The molecule has 1 amide bonds. The standard InChI is InChI=1S/C9H8N4O/c10-13-9(14)7-4-6-2-1-3-11-8(6)12-5-7/h1-5H,10H2,(H,13,14). The maximum absolute atomic E-state index is 11.2. The largest absolute Gasteiger partial charge is 0.290 e. The molecule has 0 saturated carbocycles. The van der Waals surface area contributed by atoms with Gasteiger partial charge >= 0.3 is 0 Å². The van der Waals surface area contributed by atoms with Crippen molar-refractivity contribution >= 4 is 16.9 Å². The van der Waals surface area contributed by atoms with Gasteiger partial charge < -0.3 is 0 Å². The monoisotopic (exact) mass is 188 g/mol. The molecule has 0 aliphatic heterocycles. The Morgan fingerprint density at radius 3 is 3.07 bits per heavy atom. The van der Waals surface area contributed by atoms with E-state index in [9.17, 15) is 4.79 Å². The number of carbonyl (C=O) groups excluding carboxylic acids is 1. The molecular weight excluding hydrogens is 180 g/mol. The number of nitrogen functional groups attached to an aromatic ring is 1. The van der Waals surface area contributed by atoms with Crippen molar-refractivity contribution in [1.29, 1.82) is 0 Å². The van der Waals surface area contributed by atoms with Crippen molar-refractivity contribution in [1.82, 2.24) is 15.4 Å². The van der Waals surface area contributed by atoms with Crippen LogP contribution in [0.3, 0.4) is 0 Å². The van der Waals surface area contributed by atoms with E-state index in [1.165, 1.54) is 6.20 Å². The van der Waals surface area contributed by atoms with Crippen LogP contribution in [-0.2, 0) is 0 Å². The number of amides is 1. The molecule has 0 radical (unpaired) electrons. The van der Waals surface area contributed by atoms with E-state index in [0.29, 0.717) is 11.2 Å². The van der Waals surface area contributed by atoms with E-state index in [1.807, 2.05) is 11.5 Å². The maximum Gasteiger partial charge on any atom is 0.266 e. The van der Waals surface area contributed by atoms with Crippen molar-refractivity contribution in [2.24, 2.45) is 5.84 Å². The summed E-state index contributed by atoms with van der Waals surface area (Å²) in [7, 11) is 0. The molecule has 2 aromatic rings. The number of nitrogens with one attached hydrogen (secondary N) is 1. The average Bonchev–Trinajstić information content (AvgIpc) is 2.27. The lowest BCUT2D eigenvalue weighted by atomic mass is 10.2. The lowest BCUT2D eigenvalue weighted by Gasteiger charge is -2.00. The lowest BCUT2D eigenvalue weighted by molar-refractivity contribution is 0.0953. The minimum Gasteiger partial charge on any atom is -0.290 e. The number of nitrogens with two attached hydrogens (primary N) is 1. The Morgan fingerprint density at radius 1 is 1.43 bits per heavy atom. The van der Waals surface area contributed by atoms with Crippen molar-refractivity contribution in [2.45, 2.75) is 0 Å². The third-order valence-electron chi connectivity index (χ3n) is 1.85. The second-order valence-corrected chi connectivity index (χ2v) is 2.75. The highest BCUT2D eigenvalue weighted by atomic mass is 16.2. The molecule has 0 aliphatic rings. The van der Waals surface area contributed by atoms with Crippen LogP contribution in [-0.4, -0.2) is 15.9 Å². The first-order valence-corrected chi connectivity index (χ1v) is 4.03. The lowest BCUT2D eigenvalue weighted by Crippen LogP contribution is -2.30. The van der Waals surface area contributed by atoms with Gasteiger partial charge in [0.15, 0.2) is 5.65 Å². The second kappa shape index (κ2) is 3.39. The molecule has 0 unspecified atom stereocenters. The topological polar surface area (TPSA) is 80.9 Å². The minimum atomic E-state index is -0.358. The number of hydrogen-bond acceptors (Lipinski definition) is 4. The molecule has 0 atom stereocenters. The fraction of sp³-hybridized carbons (Fsp3) is 0. The number of aromatic nitrogens is 2.